The van der Waals surface area contributed by atoms with Crippen LogP contribution in [0.1, 0.15) is 69.8 Å². The molecule has 0 aromatic heterocycles. The van der Waals surface area contributed by atoms with Crippen molar-refractivity contribution in [2.45, 2.75) is 64.2 Å². The van der Waals surface area contributed by atoms with E-state index in [1.807, 2.05) is 0 Å². The molecule has 1 fully saturated rings. The molecule has 2 atom stereocenters. The molecule has 0 saturated heterocycles. The van der Waals surface area contributed by atoms with Crippen LogP contribution in [0.2, 0.25) is 0 Å². The van der Waals surface area contributed by atoms with Crippen molar-refractivity contribution in [1.82, 2.24) is 0 Å². The summed E-state index contributed by atoms with van der Waals surface area (Å²) in [5.41, 5.74) is 9.12. The Morgan fingerprint density at radius 3 is 2.22 bits per heavy atom. The summed E-state index contributed by atoms with van der Waals surface area (Å²) in [5, 5.41) is 0. The van der Waals surface area contributed by atoms with Crippen LogP contribution in [0.25, 0.3) is 5.57 Å². The Bertz CT molecular complexity index is 1170. The first-order valence-corrected chi connectivity index (χ1v) is 14.1. The zero-order valence-corrected chi connectivity index (χ0v) is 21.6. The lowest BCUT2D eigenvalue weighted by atomic mass is 9.76. The summed E-state index contributed by atoms with van der Waals surface area (Å²) in [4.78, 5) is 0. The number of hydrogen-bond donors (Lipinski definition) is 0. The van der Waals surface area contributed by atoms with Crippen molar-refractivity contribution in [3.05, 3.63) is 137 Å². The normalized spacial score (nSPS) is 31.5. The molecule has 4 aliphatic rings. The van der Waals surface area contributed by atoms with Crippen LogP contribution < -0.4 is 0 Å². The minimum absolute atomic E-state index is 0.634. The zero-order chi connectivity index (χ0) is 24.4. The predicted molar refractivity (Wildman–Crippen MR) is 156 cm³/mol. The molecular formula is C36H40. The molecule has 1 aromatic rings. The second-order valence-electron chi connectivity index (χ2n) is 10.6. The van der Waals surface area contributed by atoms with Gasteiger partial charge in [0, 0.05) is 0 Å². The maximum absolute atomic E-state index is 2.47. The molecule has 4 aliphatic carbocycles. The van der Waals surface area contributed by atoms with Gasteiger partial charge in [-0.3, -0.25) is 0 Å². The average molecular weight is 473 g/mol. The van der Waals surface area contributed by atoms with E-state index in [-0.39, 0.29) is 0 Å². The Balaban J connectivity index is 1.28. The quantitative estimate of drug-likeness (QED) is 0.410. The second kappa shape index (κ2) is 12.7. The highest BCUT2D eigenvalue weighted by Crippen LogP contribution is 2.39. The smallest absolute Gasteiger partial charge is 0.00916 e. The van der Waals surface area contributed by atoms with Crippen molar-refractivity contribution in [3.63, 3.8) is 0 Å². The van der Waals surface area contributed by atoms with Crippen LogP contribution in [0.15, 0.2) is 132 Å². The van der Waals surface area contributed by atoms with Crippen molar-refractivity contribution < 1.29 is 0 Å². The molecule has 0 aliphatic heterocycles. The molecule has 1 aromatic carbocycles. The third-order valence-electron chi connectivity index (χ3n) is 8.27. The second-order valence-corrected chi connectivity index (χ2v) is 10.6. The standard InChI is InChI=1S/C36H40/c1-3-8-18-31(36-27-26-32-20-12-13-21-35(32)28-36)19-9-4-2-7-15-29(14-6-1)33-22-24-34(25-23-33)30-16-10-5-11-17-30/h1-11,14,16-18,24,26-27,33,35H,12-13,15,19-23,25,28H2/b6-1-,7-2-,8-3-,9-4-,29-14-,31-18-. The summed E-state index contributed by atoms with van der Waals surface area (Å²) >= 11 is 0. The predicted octanol–water partition coefficient (Wildman–Crippen LogP) is 10.2. The van der Waals surface area contributed by atoms with E-state index in [0.717, 1.165) is 25.2 Å². The SMILES string of the molecule is C1=C(\C2=C/C=C\C=C/C=C(\C3CC=C(c4ccccc4)CC3)C/C=C\C=C/C2)CC2CCCCC2=C1. The van der Waals surface area contributed by atoms with E-state index in [2.05, 4.69) is 109 Å². The van der Waals surface area contributed by atoms with Gasteiger partial charge in [-0.1, -0.05) is 127 Å². The lowest BCUT2D eigenvalue weighted by Gasteiger charge is -2.29. The third kappa shape index (κ3) is 6.55. The third-order valence-corrected chi connectivity index (χ3v) is 8.27. The van der Waals surface area contributed by atoms with Gasteiger partial charge in [0.1, 0.15) is 0 Å². The molecule has 0 heterocycles. The molecule has 0 bridgehead atoms. The van der Waals surface area contributed by atoms with E-state index < -0.39 is 0 Å². The lowest BCUT2D eigenvalue weighted by molar-refractivity contribution is 0.446. The van der Waals surface area contributed by atoms with Gasteiger partial charge in [0.25, 0.3) is 0 Å². The topological polar surface area (TPSA) is 0 Å². The van der Waals surface area contributed by atoms with Crippen LogP contribution in [0.3, 0.4) is 0 Å². The highest BCUT2D eigenvalue weighted by atomic mass is 14.3. The van der Waals surface area contributed by atoms with Crippen LogP contribution in [-0.4, -0.2) is 0 Å². The van der Waals surface area contributed by atoms with Gasteiger partial charge < -0.3 is 0 Å². The van der Waals surface area contributed by atoms with E-state index in [1.165, 1.54) is 67.2 Å². The lowest BCUT2D eigenvalue weighted by Crippen LogP contribution is -2.14. The molecule has 0 amide bonds. The van der Waals surface area contributed by atoms with Gasteiger partial charge in [0.2, 0.25) is 0 Å². The maximum atomic E-state index is 2.47. The summed E-state index contributed by atoms with van der Waals surface area (Å²) in [5.74, 6) is 1.41. The van der Waals surface area contributed by atoms with Crippen LogP contribution in [0.5, 0.6) is 0 Å². The van der Waals surface area contributed by atoms with Crippen molar-refractivity contribution >= 4 is 5.57 Å². The number of rotatable bonds is 3. The summed E-state index contributed by atoms with van der Waals surface area (Å²) < 4.78 is 0. The van der Waals surface area contributed by atoms with E-state index in [1.54, 1.807) is 11.1 Å². The molecule has 2 unspecified atom stereocenters. The molecule has 1 saturated carbocycles. The monoisotopic (exact) mass is 472 g/mol. The van der Waals surface area contributed by atoms with Gasteiger partial charge in [-0.2, -0.15) is 0 Å². The van der Waals surface area contributed by atoms with Crippen molar-refractivity contribution in [3.8, 4) is 0 Å². The first-order chi connectivity index (χ1) is 17.9. The number of fused-ring (bicyclic) bond motifs is 1. The molecular weight excluding hydrogens is 432 g/mol. The van der Waals surface area contributed by atoms with Crippen LogP contribution in [0.4, 0.5) is 0 Å². The fraction of sp³-hybridized carbons (Fsp3) is 0.333. The van der Waals surface area contributed by atoms with Crippen LogP contribution in [0, 0.1) is 11.8 Å². The van der Waals surface area contributed by atoms with Crippen molar-refractivity contribution in [1.29, 1.82) is 0 Å². The summed E-state index contributed by atoms with van der Waals surface area (Å²) in [6, 6.07) is 10.9. The molecule has 0 N–H and O–H groups in total. The van der Waals surface area contributed by atoms with E-state index >= 15 is 0 Å². The first kappa shape index (κ1) is 24.6. The zero-order valence-electron chi connectivity index (χ0n) is 21.6. The molecule has 0 heteroatoms. The van der Waals surface area contributed by atoms with Gasteiger partial charge in [-0.25, -0.2) is 0 Å². The molecule has 5 rings (SSSR count). The van der Waals surface area contributed by atoms with Crippen molar-refractivity contribution in [2.24, 2.45) is 11.8 Å². The van der Waals surface area contributed by atoms with E-state index in [9.17, 15) is 0 Å². The van der Waals surface area contributed by atoms with Gasteiger partial charge in [0.05, 0.1) is 0 Å². The van der Waals surface area contributed by atoms with E-state index in [4.69, 9.17) is 0 Å². The van der Waals surface area contributed by atoms with Gasteiger partial charge in [-0.05, 0) is 91.9 Å². The molecule has 0 nitrogen and oxygen atoms in total. The Morgan fingerprint density at radius 1 is 0.556 bits per heavy atom. The number of benzene rings is 1. The van der Waals surface area contributed by atoms with Gasteiger partial charge in [0.15, 0.2) is 0 Å². The molecule has 36 heavy (non-hydrogen) atoms. The molecule has 0 spiro atoms. The Labute approximate surface area is 218 Å². The minimum Gasteiger partial charge on any atom is -0.0805 e. The largest absolute Gasteiger partial charge is 0.0805 e. The number of hydrogen-bond acceptors (Lipinski definition) is 0. The average Bonchev–Trinajstić information content (AvgIpc) is 2.94. The van der Waals surface area contributed by atoms with Gasteiger partial charge in [-0.15, -0.1) is 0 Å². The fourth-order valence-electron chi connectivity index (χ4n) is 6.14. The summed E-state index contributed by atoms with van der Waals surface area (Å²) in [7, 11) is 0. The Morgan fingerprint density at radius 2 is 1.39 bits per heavy atom. The van der Waals surface area contributed by atoms with Crippen LogP contribution >= 0.6 is 0 Å². The van der Waals surface area contributed by atoms with Crippen LogP contribution in [-0.2, 0) is 0 Å². The first-order valence-electron chi connectivity index (χ1n) is 14.1. The molecule has 184 valence electrons. The summed E-state index contributed by atoms with van der Waals surface area (Å²) in [6.07, 6.45) is 42.3. The Hall–Kier alpha value is -3.12. The summed E-state index contributed by atoms with van der Waals surface area (Å²) in [6.45, 7) is 0. The van der Waals surface area contributed by atoms with Gasteiger partial charge >= 0.3 is 0 Å². The highest BCUT2D eigenvalue weighted by molar-refractivity contribution is 5.66. The fourth-order valence-corrected chi connectivity index (χ4v) is 6.14. The molecule has 0 radical (unpaired) electrons. The number of allylic oxidation sites excluding steroid dienone is 18. The highest BCUT2D eigenvalue weighted by Gasteiger charge is 2.23. The minimum atomic E-state index is 0.634. The van der Waals surface area contributed by atoms with E-state index in [0.29, 0.717) is 5.92 Å². The Kier molecular flexibility index (Phi) is 8.68. The maximum Gasteiger partial charge on any atom is -0.00916 e. The van der Waals surface area contributed by atoms with Crippen molar-refractivity contribution in [2.75, 3.05) is 0 Å².